The second kappa shape index (κ2) is 6.03. The van der Waals surface area contributed by atoms with Crippen LogP contribution in [0.2, 0.25) is 5.02 Å². The molecule has 0 bridgehead atoms. The van der Waals surface area contributed by atoms with Crippen molar-refractivity contribution in [3.8, 4) is 0 Å². The third kappa shape index (κ3) is 3.51. The Morgan fingerprint density at radius 3 is 2.18 bits per heavy atom. The summed E-state index contributed by atoms with van der Waals surface area (Å²) in [5, 5.41) is 0.524. The van der Waals surface area contributed by atoms with Gasteiger partial charge < -0.3 is 0 Å². The van der Waals surface area contributed by atoms with Crippen molar-refractivity contribution in [1.29, 1.82) is 0 Å². The van der Waals surface area contributed by atoms with Crippen LogP contribution in [-0.2, 0) is 10.0 Å². The summed E-state index contributed by atoms with van der Waals surface area (Å²) >= 11 is 5.82. The predicted molar refractivity (Wildman–Crippen MR) is 88.4 cm³/mol. The lowest BCUT2D eigenvalue weighted by Crippen LogP contribution is -2.30. The molecule has 1 aliphatic rings. The van der Waals surface area contributed by atoms with Crippen LogP contribution in [0, 0.1) is 12.8 Å². The molecule has 0 heterocycles. The van der Waals surface area contributed by atoms with E-state index in [0.29, 0.717) is 10.9 Å². The second-order valence-corrected chi connectivity index (χ2v) is 7.95. The Bertz CT molecular complexity index is 750. The summed E-state index contributed by atoms with van der Waals surface area (Å²) in [6, 6.07) is 14.1. The molecular weight excluding hydrogens is 318 g/mol. The Labute approximate surface area is 136 Å². The average Bonchev–Trinajstić information content (AvgIpc) is 3.31. The molecule has 2 aromatic carbocycles. The Kier molecular flexibility index (Phi) is 4.26. The third-order valence-electron chi connectivity index (χ3n) is 3.94. The van der Waals surface area contributed by atoms with Gasteiger partial charge in [0, 0.05) is 11.1 Å². The molecule has 1 unspecified atom stereocenters. The number of nitrogens with one attached hydrogen (secondary N) is 1. The monoisotopic (exact) mass is 335 g/mol. The van der Waals surface area contributed by atoms with Crippen LogP contribution in [0.5, 0.6) is 0 Å². The molecule has 1 fully saturated rings. The summed E-state index contributed by atoms with van der Waals surface area (Å²) in [5.74, 6) is 0.379. The zero-order valence-corrected chi connectivity index (χ0v) is 13.9. The van der Waals surface area contributed by atoms with Gasteiger partial charge in [0.25, 0.3) is 0 Å². The largest absolute Gasteiger partial charge is 0.241 e. The van der Waals surface area contributed by atoms with Crippen molar-refractivity contribution in [2.24, 2.45) is 5.92 Å². The van der Waals surface area contributed by atoms with E-state index < -0.39 is 10.0 Å². The smallest absolute Gasteiger partial charge is 0.207 e. The van der Waals surface area contributed by atoms with E-state index in [0.717, 1.165) is 18.4 Å². The number of rotatable bonds is 5. The van der Waals surface area contributed by atoms with Crippen molar-refractivity contribution in [3.63, 3.8) is 0 Å². The van der Waals surface area contributed by atoms with E-state index in [-0.39, 0.29) is 10.9 Å². The minimum atomic E-state index is -3.55. The molecule has 0 radical (unpaired) electrons. The van der Waals surface area contributed by atoms with Crippen molar-refractivity contribution in [1.82, 2.24) is 4.72 Å². The van der Waals surface area contributed by atoms with Crippen molar-refractivity contribution in [2.45, 2.75) is 30.7 Å². The van der Waals surface area contributed by atoms with E-state index in [1.807, 2.05) is 31.2 Å². The van der Waals surface area contributed by atoms with Crippen molar-refractivity contribution in [2.75, 3.05) is 0 Å². The van der Waals surface area contributed by atoms with Gasteiger partial charge in [-0.25, -0.2) is 13.1 Å². The summed E-state index contributed by atoms with van der Waals surface area (Å²) < 4.78 is 28.0. The molecule has 1 N–H and O–H groups in total. The van der Waals surface area contributed by atoms with Gasteiger partial charge in [-0.15, -0.1) is 0 Å². The first-order chi connectivity index (χ1) is 10.5. The van der Waals surface area contributed by atoms with Gasteiger partial charge in [0.2, 0.25) is 10.0 Å². The lowest BCUT2D eigenvalue weighted by Gasteiger charge is -2.19. The molecule has 1 atom stereocenters. The SMILES string of the molecule is Cc1ccc(C(NS(=O)(=O)c2ccc(Cl)cc2)C2CC2)cc1. The first kappa shape index (κ1) is 15.5. The first-order valence-corrected chi connectivity index (χ1v) is 9.16. The molecule has 1 saturated carbocycles. The van der Waals surface area contributed by atoms with E-state index >= 15 is 0 Å². The minimum Gasteiger partial charge on any atom is -0.207 e. The molecule has 0 amide bonds. The molecule has 1 aliphatic carbocycles. The van der Waals surface area contributed by atoms with Crippen LogP contribution in [0.3, 0.4) is 0 Å². The predicted octanol–water partition coefficient (Wildman–Crippen LogP) is 4.08. The summed E-state index contributed by atoms with van der Waals surface area (Å²) in [6.45, 7) is 2.02. The number of hydrogen-bond donors (Lipinski definition) is 1. The van der Waals surface area contributed by atoms with Gasteiger partial charge in [0.15, 0.2) is 0 Å². The van der Waals surface area contributed by atoms with Gasteiger partial charge in [-0.1, -0.05) is 41.4 Å². The molecule has 0 saturated heterocycles. The summed E-state index contributed by atoms with van der Waals surface area (Å²) in [7, 11) is -3.55. The van der Waals surface area contributed by atoms with Gasteiger partial charge in [-0.2, -0.15) is 0 Å². The van der Waals surface area contributed by atoms with Crippen LogP contribution in [0.25, 0.3) is 0 Å². The highest BCUT2D eigenvalue weighted by Gasteiger charge is 2.35. The Morgan fingerprint density at radius 2 is 1.64 bits per heavy atom. The molecule has 3 rings (SSSR count). The van der Waals surface area contributed by atoms with Crippen LogP contribution >= 0.6 is 11.6 Å². The molecule has 0 aromatic heterocycles. The topological polar surface area (TPSA) is 46.2 Å². The average molecular weight is 336 g/mol. The zero-order valence-electron chi connectivity index (χ0n) is 12.3. The number of halogens is 1. The van der Waals surface area contributed by atoms with E-state index in [1.54, 1.807) is 12.1 Å². The number of hydrogen-bond acceptors (Lipinski definition) is 2. The molecule has 3 nitrogen and oxygen atoms in total. The lowest BCUT2D eigenvalue weighted by molar-refractivity contribution is 0.529. The third-order valence-corrected chi connectivity index (χ3v) is 5.64. The maximum atomic E-state index is 12.6. The minimum absolute atomic E-state index is 0.165. The summed E-state index contributed by atoms with van der Waals surface area (Å²) in [4.78, 5) is 0.245. The molecule has 2 aromatic rings. The zero-order chi connectivity index (χ0) is 15.7. The maximum Gasteiger partial charge on any atom is 0.241 e. The van der Waals surface area contributed by atoms with Gasteiger partial charge in [-0.3, -0.25) is 0 Å². The van der Waals surface area contributed by atoms with Gasteiger partial charge in [-0.05, 0) is 55.5 Å². The standard InChI is InChI=1S/C17H18ClNO2S/c1-12-2-4-13(5-3-12)17(14-6-7-14)19-22(20,21)16-10-8-15(18)9-11-16/h2-5,8-11,14,17,19H,6-7H2,1H3. The number of sulfonamides is 1. The number of benzene rings is 2. The normalized spacial score (nSPS) is 16.5. The summed E-state index contributed by atoms with van der Waals surface area (Å²) in [6.07, 6.45) is 2.11. The first-order valence-electron chi connectivity index (χ1n) is 7.30. The molecular formula is C17H18ClNO2S. The summed E-state index contributed by atoms with van der Waals surface area (Å²) in [5.41, 5.74) is 2.18. The van der Waals surface area contributed by atoms with E-state index in [1.165, 1.54) is 17.7 Å². The van der Waals surface area contributed by atoms with Crippen LogP contribution in [0.4, 0.5) is 0 Å². The fourth-order valence-corrected chi connectivity index (χ4v) is 3.91. The quantitative estimate of drug-likeness (QED) is 0.895. The Balaban J connectivity index is 1.87. The molecule has 5 heteroatoms. The molecule has 0 spiro atoms. The lowest BCUT2D eigenvalue weighted by atomic mass is 10.0. The van der Waals surface area contributed by atoms with Gasteiger partial charge >= 0.3 is 0 Å². The van der Waals surface area contributed by atoms with Crippen LogP contribution < -0.4 is 4.72 Å². The van der Waals surface area contributed by atoms with Gasteiger partial charge in [0.05, 0.1) is 4.90 Å². The Morgan fingerprint density at radius 1 is 1.05 bits per heavy atom. The molecule has 116 valence electrons. The van der Waals surface area contributed by atoms with Crippen LogP contribution in [0.1, 0.15) is 30.0 Å². The highest BCUT2D eigenvalue weighted by Crippen LogP contribution is 2.41. The number of aryl methyl sites for hydroxylation is 1. The van der Waals surface area contributed by atoms with Gasteiger partial charge in [0.1, 0.15) is 0 Å². The fourth-order valence-electron chi connectivity index (χ4n) is 2.49. The van der Waals surface area contributed by atoms with Crippen molar-refractivity contribution in [3.05, 3.63) is 64.7 Å². The van der Waals surface area contributed by atoms with Crippen LogP contribution in [-0.4, -0.2) is 8.42 Å². The highest BCUT2D eigenvalue weighted by atomic mass is 35.5. The van der Waals surface area contributed by atoms with E-state index in [9.17, 15) is 8.42 Å². The van der Waals surface area contributed by atoms with E-state index in [4.69, 9.17) is 11.6 Å². The fraction of sp³-hybridized carbons (Fsp3) is 0.294. The van der Waals surface area contributed by atoms with Crippen molar-refractivity contribution >= 4 is 21.6 Å². The Hall–Kier alpha value is -1.36. The highest BCUT2D eigenvalue weighted by molar-refractivity contribution is 7.89. The van der Waals surface area contributed by atoms with E-state index in [2.05, 4.69) is 4.72 Å². The molecule has 22 heavy (non-hydrogen) atoms. The molecule has 0 aliphatic heterocycles. The second-order valence-electron chi connectivity index (χ2n) is 5.80. The van der Waals surface area contributed by atoms with Crippen LogP contribution in [0.15, 0.2) is 53.4 Å². The van der Waals surface area contributed by atoms with Crippen molar-refractivity contribution < 1.29 is 8.42 Å². The maximum absolute atomic E-state index is 12.6.